The van der Waals surface area contributed by atoms with E-state index in [0.717, 1.165) is 12.8 Å². The summed E-state index contributed by atoms with van der Waals surface area (Å²) in [4.78, 5) is 0. The number of ether oxygens (including phenoxy) is 1. The van der Waals surface area contributed by atoms with Crippen molar-refractivity contribution >= 4 is 0 Å². The molecule has 0 bridgehead atoms. The Morgan fingerprint density at radius 3 is 2.80 bits per heavy atom. The normalized spacial score (nSPS) is 11.9. The van der Waals surface area contributed by atoms with Crippen molar-refractivity contribution in [3.63, 3.8) is 0 Å². The monoisotopic (exact) mass is 141 g/mol. The maximum absolute atomic E-state index is 5.63. The Bertz CT molecular complexity index is 123. The summed E-state index contributed by atoms with van der Waals surface area (Å²) in [7, 11) is 1.66. The Kier molecular flexibility index (Phi) is 6.25. The van der Waals surface area contributed by atoms with Gasteiger partial charge in [0.2, 0.25) is 0 Å². The maximum Gasteiger partial charge on any atom is 0.0614 e. The Hall–Kier alpha value is -0.520. The van der Waals surface area contributed by atoms with E-state index in [2.05, 4.69) is 11.8 Å². The lowest BCUT2D eigenvalue weighted by Gasteiger charge is -2.06. The van der Waals surface area contributed by atoms with Crippen LogP contribution < -0.4 is 5.73 Å². The van der Waals surface area contributed by atoms with E-state index in [4.69, 9.17) is 10.5 Å². The van der Waals surface area contributed by atoms with E-state index < -0.39 is 0 Å². The van der Waals surface area contributed by atoms with Crippen LogP contribution >= 0.6 is 0 Å². The number of methoxy groups -OCH3 is 1. The SMILES string of the molecule is CC#CCCC(N)COC. The van der Waals surface area contributed by atoms with Gasteiger partial charge >= 0.3 is 0 Å². The predicted octanol–water partition coefficient (Wildman–Crippen LogP) is 0.764. The molecule has 0 aromatic carbocycles. The highest BCUT2D eigenvalue weighted by Crippen LogP contribution is 1.92. The molecule has 0 aliphatic carbocycles. The van der Waals surface area contributed by atoms with Crippen molar-refractivity contribution in [1.82, 2.24) is 0 Å². The van der Waals surface area contributed by atoms with Crippen LogP contribution in [0.25, 0.3) is 0 Å². The molecule has 0 saturated carbocycles. The molecule has 0 fully saturated rings. The van der Waals surface area contributed by atoms with Crippen LogP contribution in [0.1, 0.15) is 19.8 Å². The van der Waals surface area contributed by atoms with E-state index in [0.29, 0.717) is 6.61 Å². The van der Waals surface area contributed by atoms with Crippen LogP contribution in [0.2, 0.25) is 0 Å². The van der Waals surface area contributed by atoms with E-state index in [1.807, 2.05) is 6.92 Å². The molecule has 1 atom stereocenters. The van der Waals surface area contributed by atoms with Gasteiger partial charge in [-0.3, -0.25) is 0 Å². The summed E-state index contributed by atoms with van der Waals surface area (Å²) in [6, 6.07) is 0.144. The minimum Gasteiger partial charge on any atom is -0.383 e. The van der Waals surface area contributed by atoms with Gasteiger partial charge in [0, 0.05) is 19.6 Å². The third-order valence-corrected chi connectivity index (χ3v) is 1.20. The molecule has 0 aromatic heterocycles. The topological polar surface area (TPSA) is 35.2 Å². The summed E-state index contributed by atoms with van der Waals surface area (Å²) in [6.45, 7) is 2.47. The Morgan fingerprint density at radius 1 is 1.60 bits per heavy atom. The summed E-state index contributed by atoms with van der Waals surface area (Å²) in [5.74, 6) is 5.77. The highest BCUT2D eigenvalue weighted by molar-refractivity contribution is 4.95. The molecule has 0 aromatic rings. The predicted molar refractivity (Wildman–Crippen MR) is 42.5 cm³/mol. The average molecular weight is 141 g/mol. The van der Waals surface area contributed by atoms with Gasteiger partial charge in [0.15, 0.2) is 0 Å². The molecule has 2 nitrogen and oxygen atoms in total. The van der Waals surface area contributed by atoms with E-state index in [1.165, 1.54) is 0 Å². The van der Waals surface area contributed by atoms with Crippen LogP contribution in [-0.2, 0) is 4.74 Å². The average Bonchev–Trinajstić information content (AvgIpc) is 1.89. The second-order valence-electron chi connectivity index (χ2n) is 2.18. The van der Waals surface area contributed by atoms with Gasteiger partial charge in [-0.2, -0.15) is 0 Å². The van der Waals surface area contributed by atoms with Gasteiger partial charge < -0.3 is 10.5 Å². The third kappa shape index (κ3) is 5.61. The molecule has 0 amide bonds. The first-order valence-corrected chi connectivity index (χ1v) is 3.45. The Labute approximate surface area is 62.7 Å². The molecule has 0 radical (unpaired) electrons. The van der Waals surface area contributed by atoms with Crippen molar-refractivity contribution in [1.29, 1.82) is 0 Å². The molecule has 2 heteroatoms. The van der Waals surface area contributed by atoms with Gasteiger partial charge in [-0.15, -0.1) is 11.8 Å². The van der Waals surface area contributed by atoms with Gasteiger partial charge in [0.1, 0.15) is 0 Å². The fourth-order valence-electron chi connectivity index (χ4n) is 0.680. The van der Waals surface area contributed by atoms with Crippen LogP contribution in [0.5, 0.6) is 0 Å². The first-order valence-electron chi connectivity index (χ1n) is 3.45. The molecule has 0 aliphatic rings. The second kappa shape index (κ2) is 6.60. The number of hydrogen-bond donors (Lipinski definition) is 1. The first-order chi connectivity index (χ1) is 4.81. The minimum atomic E-state index is 0.144. The molecule has 58 valence electrons. The molecular formula is C8H15NO. The van der Waals surface area contributed by atoms with Crippen molar-refractivity contribution in [2.24, 2.45) is 5.73 Å². The lowest BCUT2D eigenvalue weighted by atomic mass is 10.2. The molecule has 10 heavy (non-hydrogen) atoms. The van der Waals surface area contributed by atoms with E-state index >= 15 is 0 Å². The van der Waals surface area contributed by atoms with Gasteiger partial charge in [0.25, 0.3) is 0 Å². The molecule has 1 unspecified atom stereocenters. The van der Waals surface area contributed by atoms with E-state index in [9.17, 15) is 0 Å². The van der Waals surface area contributed by atoms with Gasteiger partial charge in [-0.05, 0) is 13.3 Å². The lowest BCUT2D eigenvalue weighted by Crippen LogP contribution is -2.24. The van der Waals surface area contributed by atoms with Gasteiger partial charge in [-0.25, -0.2) is 0 Å². The van der Waals surface area contributed by atoms with E-state index in [-0.39, 0.29) is 6.04 Å². The number of nitrogens with two attached hydrogens (primary N) is 1. The smallest absolute Gasteiger partial charge is 0.0614 e. The zero-order valence-electron chi connectivity index (χ0n) is 6.68. The molecule has 0 spiro atoms. The second-order valence-corrected chi connectivity index (χ2v) is 2.18. The quantitative estimate of drug-likeness (QED) is 0.587. The number of hydrogen-bond acceptors (Lipinski definition) is 2. The van der Waals surface area contributed by atoms with Crippen LogP contribution in [0.4, 0.5) is 0 Å². The van der Waals surface area contributed by atoms with Crippen LogP contribution in [0.3, 0.4) is 0 Å². The summed E-state index contributed by atoms with van der Waals surface area (Å²) >= 11 is 0. The van der Waals surface area contributed by atoms with Crippen molar-refractivity contribution in [2.75, 3.05) is 13.7 Å². The lowest BCUT2D eigenvalue weighted by molar-refractivity contribution is 0.177. The van der Waals surface area contributed by atoms with Crippen molar-refractivity contribution < 1.29 is 4.74 Å². The van der Waals surface area contributed by atoms with Gasteiger partial charge in [-0.1, -0.05) is 0 Å². The summed E-state index contributed by atoms with van der Waals surface area (Å²) in [5, 5.41) is 0. The summed E-state index contributed by atoms with van der Waals surface area (Å²) in [5.41, 5.74) is 5.63. The van der Waals surface area contributed by atoms with Gasteiger partial charge in [0.05, 0.1) is 6.61 Å². The van der Waals surface area contributed by atoms with Crippen LogP contribution in [0, 0.1) is 11.8 Å². The molecule has 0 aliphatic heterocycles. The van der Waals surface area contributed by atoms with Crippen molar-refractivity contribution in [2.45, 2.75) is 25.8 Å². The first kappa shape index (κ1) is 9.48. The highest BCUT2D eigenvalue weighted by Gasteiger charge is 1.97. The van der Waals surface area contributed by atoms with Crippen molar-refractivity contribution in [3.05, 3.63) is 0 Å². The van der Waals surface area contributed by atoms with Crippen LogP contribution in [0.15, 0.2) is 0 Å². The standard InChI is InChI=1S/C8H15NO/c1-3-4-5-6-8(9)7-10-2/h8H,5-7,9H2,1-2H3. The zero-order valence-corrected chi connectivity index (χ0v) is 6.68. The molecule has 0 rings (SSSR count). The molecular weight excluding hydrogens is 126 g/mol. The molecule has 0 heterocycles. The fraction of sp³-hybridized carbons (Fsp3) is 0.750. The maximum atomic E-state index is 5.63. The van der Waals surface area contributed by atoms with Crippen molar-refractivity contribution in [3.8, 4) is 11.8 Å². The Morgan fingerprint density at radius 2 is 2.30 bits per heavy atom. The fourth-order valence-corrected chi connectivity index (χ4v) is 0.680. The largest absolute Gasteiger partial charge is 0.383 e. The summed E-state index contributed by atoms with van der Waals surface area (Å²) < 4.78 is 4.86. The molecule has 0 saturated heterocycles. The molecule has 2 N–H and O–H groups in total. The number of rotatable bonds is 4. The third-order valence-electron chi connectivity index (χ3n) is 1.20. The Balaban J connectivity index is 3.18. The van der Waals surface area contributed by atoms with E-state index in [1.54, 1.807) is 7.11 Å². The zero-order chi connectivity index (χ0) is 7.82. The van der Waals surface area contributed by atoms with Crippen LogP contribution in [-0.4, -0.2) is 19.8 Å². The highest BCUT2D eigenvalue weighted by atomic mass is 16.5. The summed E-state index contributed by atoms with van der Waals surface area (Å²) in [6.07, 6.45) is 1.80. The minimum absolute atomic E-state index is 0.144.